The predicted molar refractivity (Wildman–Crippen MR) is 117 cm³/mol. The van der Waals surface area contributed by atoms with Gasteiger partial charge in [-0.05, 0) is 30.4 Å². The number of carbonyl (C=O) groups excluding carboxylic acids is 1. The van der Waals surface area contributed by atoms with Crippen LogP contribution in [0.3, 0.4) is 0 Å². The summed E-state index contributed by atoms with van der Waals surface area (Å²) in [4.78, 5) is 20.8. The molecular weight excluding hydrogens is 364 g/mol. The number of β-amino-alcohol motifs (C(OH)–C–C–N with tert-alkyl or cyclic N) is 1. The number of amides is 1. The van der Waals surface area contributed by atoms with Gasteiger partial charge in [-0.15, -0.1) is 0 Å². The van der Waals surface area contributed by atoms with Crippen LogP contribution < -0.4 is 5.73 Å². The molecule has 0 saturated carbocycles. The molecule has 0 radical (unpaired) electrons. The molecule has 29 heavy (non-hydrogen) atoms. The van der Waals surface area contributed by atoms with Crippen molar-refractivity contribution < 1.29 is 9.90 Å². The summed E-state index contributed by atoms with van der Waals surface area (Å²) in [6, 6.07) is 9.85. The van der Waals surface area contributed by atoms with Crippen molar-refractivity contribution in [3.63, 3.8) is 0 Å². The van der Waals surface area contributed by atoms with Gasteiger partial charge in [0.05, 0.1) is 6.10 Å². The van der Waals surface area contributed by atoms with Gasteiger partial charge in [0, 0.05) is 57.6 Å². The Morgan fingerprint density at radius 3 is 2.59 bits per heavy atom. The van der Waals surface area contributed by atoms with Gasteiger partial charge in [-0.3, -0.25) is 19.6 Å². The zero-order chi connectivity index (χ0) is 20.5. The molecule has 2 aliphatic rings. The maximum atomic E-state index is 11.9. The van der Waals surface area contributed by atoms with E-state index in [1.165, 1.54) is 5.57 Å². The lowest BCUT2D eigenvalue weighted by molar-refractivity contribution is -0.122. The van der Waals surface area contributed by atoms with Crippen molar-refractivity contribution in [3.05, 3.63) is 59.8 Å². The molecule has 1 amide bonds. The van der Waals surface area contributed by atoms with Crippen LogP contribution in [0.15, 0.2) is 59.2 Å². The quantitative estimate of drug-likeness (QED) is 0.664. The Morgan fingerprint density at radius 1 is 1.14 bits per heavy atom. The Balaban J connectivity index is 1.42. The molecule has 0 bridgehead atoms. The van der Waals surface area contributed by atoms with Crippen molar-refractivity contribution in [3.8, 4) is 0 Å². The molecule has 1 aromatic rings. The van der Waals surface area contributed by atoms with Crippen molar-refractivity contribution in [2.45, 2.75) is 25.4 Å². The molecule has 1 fully saturated rings. The van der Waals surface area contributed by atoms with Gasteiger partial charge in [-0.25, -0.2) is 0 Å². The van der Waals surface area contributed by atoms with E-state index in [2.05, 4.69) is 26.9 Å². The fraction of sp³-hybridized carbons (Fsp3) is 0.478. The van der Waals surface area contributed by atoms with E-state index in [0.717, 1.165) is 44.7 Å². The molecule has 6 nitrogen and oxygen atoms in total. The minimum atomic E-state index is -0.550. The molecule has 0 unspecified atom stereocenters. The summed E-state index contributed by atoms with van der Waals surface area (Å²) in [5.41, 5.74) is 7.92. The highest BCUT2D eigenvalue weighted by molar-refractivity contribution is 5.80. The topological polar surface area (TPSA) is 82.2 Å². The Morgan fingerprint density at radius 2 is 1.86 bits per heavy atom. The SMILES string of the molecule is NC(=O)[C@H](Cc1ccccc1)C[C@H](O)CN1CCN(CC2=CCC=CN=C2)CC1. The van der Waals surface area contributed by atoms with E-state index in [1.54, 1.807) is 0 Å². The van der Waals surface area contributed by atoms with Crippen molar-refractivity contribution in [1.82, 2.24) is 9.80 Å². The van der Waals surface area contributed by atoms with E-state index in [-0.39, 0.29) is 11.8 Å². The number of hydrogen-bond acceptors (Lipinski definition) is 5. The molecule has 0 spiro atoms. The number of nitrogens with zero attached hydrogens (tertiary/aromatic N) is 3. The van der Waals surface area contributed by atoms with Crippen LogP contribution in [0.25, 0.3) is 0 Å². The lowest BCUT2D eigenvalue weighted by Gasteiger charge is -2.36. The summed E-state index contributed by atoms with van der Waals surface area (Å²) < 4.78 is 0. The molecule has 2 heterocycles. The van der Waals surface area contributed by atoms with E-state index in [0.29, 0.717) is 19.4 Å². The van der Waals surface area contributed by atoms with Gasteiger partial charge in [0.2, 0.25) is 5.91 Å². The second-order valence-corrected chi connectivity index (χ2v) is 7.93. The average molecular weight is 397 g/mol. The molecule has 1 aromatic carbocycles. The summed E-state index contributed by atoms with van der Waals surface area (Å²) in [6.45, 7) is 5.27. The molecule has 3 rings (SSSR count). The van der Waals surface area contributed by atoms with Crippen LogP contribution in [0.5, 0.6) is 0 Å². The number of carbonyl (C=O) groups is 1. The molecular formula is C23H32N4O2. The summed E-state index contributed by atoms with van der Waals surface area (Å²) in [7, 11) is 0. The van der Waals surface area contributed by atoms with E-state index < -0.39 is 6.10 Å². The Labute approximate surface area is 173 Å². The minimum Gasteiger partial charge on any atom is -0.392 e. The van der Waals surface area contributed by atoms with Gasteiger partial charge in [0.25, 0.3) is 0 Å². The first kappa shape index (κ1) is 21.4. The summed E-state index contributed by atoms with van der Waals surface area (Å²) >= 11 is 0. The van der Waals surface area contributed by atoms with Crippen molar-refractivity contribution in [2.24, 2.45) is 16.6 Å². The smallest absolute Gasteiger partial charge is 0.220 e. The van der Waals surface area contributed by atoms with E-state index in [4.69, 9.17) is 5.73 Å². The van der Waals surface area contributed by atoms with Gasteiger partial charge in [0.15, 0.2) is 0 Å². The van der Waals surface area contributed by atoms with Crippen LogP contribution in [0.2, 0.25) is 0 Å². The number of benzene rings is 1. The van der Waals surface area contributed by atoms with Crippen LogP contribution >= 0.6 is 0 Å². The van der Waals surface area contributed by atoms with E-state index in [9.17, 15) is 9.90 Å². The number of aliphatic hydroxyl groups excluding tert-OH is 1. The molecule has 0 aliphatic carbocycles. The lowest BCUT2D eigenvalue weighted by Crippen LogP contribution is -2.49. The number of aliphatic imine (C=N–C) groups is 1. The highest BCUT2D eigenvalue weighted by Crippen LogP contribution is 2.16. The summed E-state index contributed by atoms with van der Waals surface area (Å²) in [5, 5.41) is 10.6. The Hall–Kier alpha value is -2.28. The zero-order valence-electron chi connectivity index (χ0n) is 17.0. The van der Waals surface area contributed by atoms with Crippen LogP contribution in [-0.2, 0) is 11.2 Å². The van der Waals surface area contributed by atoms with Crippen LogP contribution in [-0.4, -0.2) is 72.4 Å². The number of nitrogens with two attached hydrogens (primary N) is 1. The van der Waals surface area contributed by atoms with Gasteiger partial charge in [-0.1, -0.05) is 42.5 Å². The molecule has 2 atom stereocenters. The van der Waals surface area contributed by atoms with Crippen LogP contribution in [0.4, 0.5) is 0 Å². The number of primary amides is 1. The summed E-state index contributed by atoms with van der Waals surface area (Å²) in [5.74, 6) is -0.686. The number of hydrogen-bond donors (Lipinski definition) is 2. The maximum Gasteiger partial charge on any atom is 0.220 e. The third-order valence-corrected chi connectivity index (χ3v) is 5.57. The average Bonchev–Trinajstić information content (AvgIpc) is 2.98. The highest BCUT2D eigenvalue weighted by atomic mass is 16.3. The minimum absolute atomic E-state index is 0.342. The fourth-order valence-electron chi connectivity index (χ4n) is 3.93. The van der Waals surface area contributed by atoms with Crippen LogP contribution in [0, 0.1) is 5.92 Å². The largest absolute Gasteiger partial charge is 0.392 e. The molecule has 3 N–H and O–H groups in total. The second-order valence-electron chi connectivity index (χ2n) is 7.93. The third kappa shape index (κ3) is 7.24. The number of piperazine rings is 1. The molecule has 6 heteroatoms. The Bertz CT molecular complexity index is 737. The zero-order valence-corrected chi connectivity index (χ0v) is 17.0. The molecule has 0 aromatic heterocycles. The van der Waals surface area contributed by atoms with E-state index in [1.807, 2.05) is 42.7 Å². The first-order valence-electron chi connectivity index (χ1n) is 10.4. The third-order valence-electron chi connectivity index (χ3n) is 5.57. The fourth-order valence-corrected chi connectivity index (χ4v) is 3.93. The first-order chi connectivity index (χ1) is 14.1. The van der Waals surface area contributed by atoms with Crippen molar-refractivity contribution in [1.29, 1.82) is 0 Å². The molecule has 2 aliphatic heterocycles. The second kappa shape index (κ2) is 11.0. The monoisotopic (exact) mass is 396 g/mol. The van der Waals surface area contributed by atoms with Gasteiger partial charge >= 0.3 is 0 Å². The molecule has 1 saturated heterocycles. The van der Waals surface area contributed by atoms with Gasteiger partial charge in [-0.2, -0.15) is 0 Å². The van der Waals surface area contributed by atoms with Gasteiger partial charge < -0.3 is 10.8 Å². The maximum absolute atomic E-state index is 11.9. The highest BCUT2D eigenvalue weighted by Gasteiger charge is 2.24. The lowest BCUT2D eigenvalue weighted by atomic mass is 9.93. The first-order valence-corrected chi connectivity index (χ1v) is 10.4. The number of allylic oxidation sites excluding steroid dienone is 2. The standard InChI is InChI=1S/C23H32N4O2/c24-23(29)21(14-19-6-2-1-3-7-19)15-22(28)18-27-12-10-26(11-13-27)17-20-8-4-5-9-25-16-20/h1-3,5-9,16,21-22,28H,4,10-15,17-18H2,(H2,24,29)/t21-,22+/m1/s1. The van der Waals surface area contributed by atoms with Crippen LogP contribution in [0.1, 0.15) is 18.4 Å². The number of aliphatic hydroxyl groups is 1. The predicted octanol–water partition coefficient (Wildman–Crippen LogP) is 1.61. The molecule has 156 valence electrons. The number of rotatable bonds is 9. The summed E-state index contributed by atoms with van der Waals surface area (Å²) in [6.07, 6.45) is 9.43. The Kier molecular flexibility index (Phi) is 8.16. The van der Waals surface area contributed by atoms with Crippen molar-refractivity contribution in [2.75, 3.05) is 39.3 Å². The van der Waals surface area contributed by atoms with Crippen molar-refractivity contribution >= 4 is 12.1 Å². The van der Waals surface area contributed by atoms with Gasteiger partial charge in [0.1, 0.15) is 0 Å². The van der Waals surface area contributed by atoms with E-state index >= 15 is 0 Å². The normalized spacial score (nSPS) is 20.1.